The van der Waals surface area contributed by atoms with E-state index in [1.165, 1.54) is 6.07 Å². The molecule has 2 amide bonds. The van der Waals surface area contributed by atoms with E-state index in [1.807, 2.05) is 44.2 Å². The van der Waals surface area contributed by atoms with Crippen molar-refractivity contribution < 1.29 is 33.8 Å². The summed E-state index contributed by atoms with van der Waals surface area (Å²) in [7, 11) is 0. The first kappa shape index (κ1) is 38.9. The van der Waals surface area contributed by atoms with Crippen LogP contribution in [-0.4, -0.2) is 65.0 Å². The van der Waals surface area contributed by atoms with Gasteiger partial charge >= 0.3 is 11.9 Å². The normalized spacial score (nSPS) is 15.8. The molecule has 1 aliphatic rings. The maximum atomic E-state index is 13.1. The number of esters is 2. The summed E-state index contributed by atoms with van der Waals surface area (Å²) < 4.78 is 11.1. The number of halogens is 1. The van der Waals surface area contributed by atoms with Crippen LogP contribution in [0.4, 0.5) is 0 Å². The SMILES string of the molecule is Br.CC(C)(CNC(=O)[C@@H]1CCCN1C(=O)Cc1ccccc1)NCC(O)c1cc(OC(=O)C(C)(C)C)cc(OC(=O)C(C)(C)C)c1. The number of nitrogens with zero attached hydrogens (tertiary/aromatic N) is 1. The van der Waals surface area contributed by atoms with E-state index < -0.39 is 40.5 Å². The Morgan fingerprint density at radius 3 is 1.96 bits per heavy atom. The summed E-state index contributed by atoms with van der Waals surface area (Å²) >= 11 is 0. The van der Waals surface area contributed by atoms with Crippen molar-refractivity contribution in [3.8, 4) is 11.5 Å². The lowest BCUT2D eigenvalue weighted by Crippen LogP contribution is -2.53. The van der Waals surface area contributed by atoms with Crippen LogP contribution in [0.2, 0.25) is 0 Å². The van der Waals surface area contributed by atoms with Crippen molar-refractivity contribution in [2.24, 2.45) is 10.8 Å². The largest absolute Gasteiger partial charge is 0.426 e. The zero-order valence-corrected chi connectivity index (χ0v) is 30.0. The highest BCUT2D eigenvalue weighted by atomic mass is 79.9. The van der Waals surface area contributed by atoms with Gasteiger partial charge in [0.1, 0.15) is 17.5 Å². The third-order valence-electron chi connectivity index (χ3n) is 7.49. The molecule has 254 valence electrons. The monoisotopic (exact) mass is 703 g/mol. The molecule has 2 atom stereocenters. The lowest BCUT2D eigenvalue weighted by Gasteiger charge is -2.30. The Bertz CT molecular complexity index is 1320. The van der Waals surface area contributed by atoms with Crippen molar-refractivity contribution in [2.75, 3.05) is 19.6 Å². The Hall–Kier alpha value is -3.28. The van der Waals surface area contributed by atoms with E-state index in [0.717, 1.165) is 12.0 Å². The van der Waals surface area contributed by atoms with Crippen molar-refractivity contribution >= 4 is 40.7 Å². The molecule has 3 rings (SSSR count). The van der Waals surface area contributed by atoms with E-state index in [-0.39, 0.29) is 59.8 Å². The van der Waals surface area contributed by atoms with Crippen LogP contribution in [0.15, 0.2) is 48.5 Å². The van der Waals surface area contributed by atoms with Crippen molar-refractivity contribution in [1.29, 1.82) is 0 Å². The standard InChI is InChI=1S/C35H49N3O7.BrH/c1-33(2,3)31(42)44-25-18-24(19-26(20-25)45-32(43)34(4,5)6)28(39)21-37-35(7,8)22-36-30(41)27-15-12-16-38(27)29(40)17-23-13-10-9-11-14-23;/h9-11,13-14,18-20,27-28,37,39H,12,15-17,21-22H2,1-8H3,(H,36,41);1H/t27-,28?;/m0./s1. The zero-order valence-electron chi connectivity index (χ0n) is 28.3. The topological polar surface area (TPSA) is 134 Å². The third kappa shape index (κ3) is 11.5. The molecule has 1 unspecified atom stereocenters. The average Bonchev–Trinajstić information content (AvgIpc) is 3.45. The van der Waals surface area contributed by atoms with Crippen LogP contribution in [0, 0.1) is 10.8 Å². The zero-order chi connectivity index (χ0) is 33.6. The van der Waals surface area contributed by atoms with E-state index in [2.05, 4.69) is 10.6 Å². The first-order chi connectivity index (χ1) is 20.9. The molecule has 1 aliphatic heterocycles. The Labute approximate surface area is 283 Å². The van der Waals surface area contributed by atoms with Gasteiger partial charge in [-0.1, -0.05) is 30.3 Å². The van der Waals surface area contributed by atoms with Gasteiger partial charge in [0.25, 0.3) is 0 Å². The Kier molecular flexibility index (Phi) is 13.5. The number of ether oxygens (including phenoxy) is 2. The van der Waals surface area contributed by atoms with Gasteiger partial charge in [-0.25, -0.2) is 0 Å². The molecule has 0 radical (unpaired) electrons. The van der Waals surface area contributed by atoms with Crippen molar-refractivity contribution in [2.45, 2.75) is 92.3 Å². The third-order valence-corrected chi connectivity index (χ3v) is 7.49. The molecule has 2 aromatic rings. The van der Waals surface area contributed by atoms with Crippen LogP contribution >= 0.6 is 17.0 Å². The lowest BCUT2D eigenvalue weighted by atomic mass is 9.97. The highest BCUT2D eigenvalue weighted by molar-refractivity contribution is 8.93. The molecule has 46 heavy (non-hydrogen) atoms. The molecule has 0 aliphatic carbocycles. The Morgan fingerprint density at radius 1 is 0.891 bits per heavy atom. The number of aliphatic hydroxyl groups is 1. The molecular weight excluding hydrogens is 654 g/mol. The van der Waals surface area contributed by atoms with Gasteiger partial charge in [-0.15, -0.1) is 17.0 Å². The van der Waals surface area contributed by atoms with E-state index >= 15 is 0 Å². The minimum atomic E-state index is -1.05. The van der Waals surface area contributed by atoms with Crippen LogP contribution in [0.1, 0.15) is 85.5 Å². The molecular formula is C35H50BrN3O7. The minimum Gasteiger partial charge on any atom is -0.426 e. The number of hydrogen-bond donors (Lipinski definition) is 3. The number of carbonyl (C=O) groups is 4. The van der Waals surface area contributed by atoms with E-state index in [0.29, 0.717) is 18.5 Å². The number of nitrogens with one attached hydrogen (secondary N) is 2. The predicted octanol–water partition coefficient (Wildman–Crippen LogP) is 4.92. The summed E-state index contributed by atoms with van der Waals surface area (Å²) in [6.45, 7) is 15.1. The fourth-order valence-electron chi connectivity index (χ4n) is 4.61. The van der Waals surface area contributed by atoms with Crippen molar-refractivity contribution in [3.63, 3.8) is 0 Å². The second-order valence-corrected chi connectivity index (χ2v) is 14.4. The van der Waals surface area contributed by atoms with E-state index in [1.54, 1.807) is 58.6 Å². The van der Waals surface area contributed by atoms with Gasteiger partial charge < -0.3 is 30.1 Å². The van der Waals surface area contributed by atoms with Crippen LogP contribution in [-0.2, 0) is 25.6 Å². The quantitative estimate of drug-likeness (QED) is 0.222. The van der Waals surface area contributed by atoms with Gasteiger partial charge in [0, 0.05) is 31.2 Å². The van der Waals surface area contributed by atoms with Crippen LogP contribution in [0.25, 0.3) is 0 Å². The second kappa shape index (κ2) is 16.0. The molecule has 1 fully saturated rings. The summed E-state index contributed by atoms with van der Waals surface area (Å²) in [6, 6.07) is 13.5. The molecule has 1 saturated heterocycles. The van der Waals surface area contributed by atoms with Gasteiger partial charge in [0.15, 0.2) is 0 Å². The fourth-order valence-corrected chi connectivity index (χ4v) is 4.61. The molecule has 0 bridgehead atoms. The Balaban J connectivity index is 0.00000736. The number of amides is 2. The van der Waals surface area contributed by atoms with Gasteiger partial charge in [-0.3, -0.25) is 19.2 Å². The number of β-amino-alcohol motifs (C(OH)–C–C–N with tert-alkyl or cyclic N) is 1. The summed E-state index contributed by atoms with van der Waals surface area (Å²) in [4.78, 5) is 52.9. The summed E-state index contributed by atoms with van der Waals surface area (Å²) in [5.41, 5.74) is -0.854. The van der Waals surface area contributed by atoms with Crippen LogP contribution < -0.4 is 20.1 Å². The number of likely N-dealkylation sites (tertiary alicyclic amines) is 1. The summed E-state index contributed by atoms with van der Waals surface area (Å²) in [6.07, 6.45) is 0.575. The molecule has 3 N–H and O–H groups in total. The van der Waals surface area contributed by atoms with Crippen molar-refractivity contribution in [1.82, 2.24) is 15.5 Å². The van der Waals surface area contributed by atoms with Crippen molar-refractivity contribution in [3.05, 3.63) is 59.7 Å². The van der Waals surface area contributed by atoms with Gasteiger partial charge in [-0.2, -0.15) is 0 Å². The first-order valence-corrected chi connectivity index (χ1v) is 15.5. The highest BCUT2D eigenvalue weighted by Gasteiger charge is 2.35. The highest BCUT2D eigenvalue weighted by Crippen LogP contribution is 2.30. The fraction of sp³-hybridized carbons (Fsp3) is 0.543. The molecule has 0 saturated carbocycles. The molecule has 11 heteroatoms. The smallest absolute Gasteiger partial charge is 0.316 e. The number of hydrogen-bond acceptors (Lipinski definition) is 8. The molecule has 10 nitrogen and oxygen atoms in total. The summed E-state index contributed by atoms with van der Waals surface area (Å²) in [5, 5.41) is 17.4. The molecule has 0 spiro atoms. The Morgan fingerprint density at radius 2 is 1.43 bits per heavy atom. The first-order valence-electron chi connectivity index (χ1n) is 15.5. The van der Waals surface area contributed by atoms with Crippen LogP contribution in [0.3, 0.4) is 0 Å². The minimum absolute atomic E-state index is 0. The molecule has 2 aromatic carbocycles. The van der Waals surface area contributed by atoms with Gasteiger partial charge in [0.2, 0.25) is 11.8 Å². The summed E-state index contributed by atoms with van der Waals surface area (Å²) in [5.74, 6) is -0.916. The predicted molar refractivity (Wildman–Crippen MR) is 182 cm³/mol. The van der Waals surface area contributed by atoms with E-state index in [4.69, 9.17) is 9.47 Å². The lowest BCUT2D eigenvalue weighted by molar-refractivity contribution is -0.143. The van der Waals surface area contributed by atoms with Gasteiger partial charge in [-0.05, 0) is 91.5 Å². The number of rotatable bonds is 11. The molecule has 1 heterocycles. The second-order valence-electron chi connectivity index (χ2n) is 14.4. The maximum absolute atomic E-state index is 13.1. The number of benzene rings is 2. The number of aliphatic hydroxyl groups excluding tert-OH is 1. The molecule has 0 aromatic heterocycles. The van der Waals surface area contributed by atoms with Crippen LogP contribution in [0.5, 0.6) is 11.5 Å². The maximum Gasteiger partial charge on any atom is 0.316 e. The van der Waals surface area contributed by atoms with E-state index in [9.17, 15) is 24.3 Å². The van der Waals surface area contributed by atoms with Gasteiger partial charge in [0.05, 0.1) is 23.4 Å². The average molecular weight is 705 g/mol. The number of carbonyl (C=O) groups excluding carboxylic acids is 4.